The Hall–Kier alpha value is -0.570. The van der Waals surface area contributed by atoms with Gasteiger partial charge in [-0.05, 0) is 44.2 Å². The van der Waals surface area contributed by atoms with Crippen LogP contribution in [0.5, 0.6) is 0 Å². The van der Waals surface area contributed by atoms with Gasteiger partial charge in [0, 0.05) is 5.54 Å². The molecule has 0 N–H and O–H groups in total. The van der Waals surface area contributed by atoms with E-state index in [2.05, 4.69) is 39.5 Å². The summed E-state index contributed by atoms with van der Waals surface area (Å²) in [6.45, 7) is 15.8. The third-order valence-electron chi connectivity index (χ3n) is 5.20. The Morgan fingerprint density at radius 2 is 1.81 bits per heavy atom. The quantitative estimate of drug-likeness (QED) is 0.686. The first-order valence-corrected chi connectivity index (χ1v) is 8.72. The van der Waals surface area contributed by atoms with Crippen LogP contribution >= 0.6 is 0 Å². The number of hydrogen-bond donors (Lipinski definition) is 0. The highest BCUT2D eigenvalue weighted by molar-refractivity contribution is 5.71. The summed E-state index contributed by atoms with van der Waals surface area (Å²) in [5.41, 5.74) is 0.196. The van der Waals surface area contributed by atoms with E-state index >= 15 is 0 Å². The first-order valence-electron chi connectivity index (χ1n) is 8.72. The van der Waals surface area contributed by atoms with Gasteiger partial charge >= 0.3 is 5.97 Å². The molecule has 0 aromatic rings. The lowest BCUT2D eigenvalue weighted by Gasteiger charge is -2.55. The molecule has 0 radical (unpaired) electrons. The van der Waals surface area contributed by atoms with Gasteiger partial charge in [0.1, 0.15) is 0 Å². The van der Waals surface area contributed by atoms with E-state index in [0.717, 1.165) is 19.5 Å². The maximum atomic E-state index is 12.3. The summed E-state index contributed by atoms with van der Waals surface area (Å²) in [6, 6.07) is 0. The topological polar surface area (TPSA) is 29.5 Å². The summed E-state index contributed by atoms with van der Waals surface area (Å²) in [7, 11) is 0. The first kappa shape index (κ1) is 18.5. The van der Waals surface area contributed by atoms with Gasteiger partial charge in [0.2, 0.25) is 0 Å². The molecule has 0 bridgehead atoms. The van der Waals surface area contributed by atoms with Crippen molar-refractivity contribution in [2.24, 2.45) is 11.3 Å². The molecule has 2 unspecified atom stereocenters. The molecule has 1 aliphatic carbocycles. The SMILES string of the molecule is CCOC(=O)CC1(N(CC)CC)CCCCC1C(C)(C)C. The molecule has 1 fully saturated rings. The zero-order valence-corrected chi connectivity index (χ0v) is 15.0. The van der Waals surface area contributed by atoms with E-state index in [9.17, 15) is 4.79 Å². The third kappa shape index (κ3) is 4.21. The van der Waals surface area contributed by atoms with Crippen molar-refractivity contribution in [1.29, 1.82) is 0 Å². The summed E-state index contributed by atoms with van der Waals surface area (Å²) in [4.78, 5) is 14.8. The molecular weight excluding hydrogens is 262 g/mol. The van der Waals surface area contributed by atoms with Crippen LogP contribution in [0.2, 0.25) is 0 Å². The summed E-state index contributed by atoms with van der Waals surface area (Å²) in [6.07, 6.45) is 5.40. The molecule has 21 heavy (non-hydrogen) atoms. The van der Waals surface area contributed by atoms with Crippen LogP contribution in [0.15, 0.2) is 0 Å². The molecule has 1 aliphatic rings. The number of carbonyl (C=O) groups excluding carboxylic acids is 1. The average Bonchev–Trinajstić information content (AvgIpc) is 2.39. The van der Waals surface area contributed by atoms with Crippen molar-refractivity contribution < 1.29 is 9.53 Å². The number of carbonyl (C=O) groups is 1. The van der Waals surface area contributed by atoms with Crippen LogP contribution in [0.4, 0.5) is 0 Å². The van der Waals surface area contributed by atoms with Gasteiger partial charge in [0.25, 0.3) is 0 Å². The highest BCUT2D eigenvalue weighted by atomic mass is 16.5. The lowest BCUT2D eigenvalue weighted by molar-refractivity contribution is -0.151. The second-order valence-corrected chi connectivity index (χ2v) is 7.42. The Bertz CT molecular complexity index is 331. The maximum absolute atomic E-state index is 12.3. The summed E-state index contributed by atoms with van der Waals surface area (Å²) >= 11 is 0. The van der Waals surface area contributed by atoms with Crippen molar-refractivity contribution in [2.75, 3.05) is 19.7 Å². The van der Waals surface area contributed by atoms with E-state index in [-0.39, 0.29) is 16.9 Å². The minimum atomic E-state index is -0.0273. The molecule has 2 atom stereocenters. The van der Waals surface area contributed by atoms with E-state index < -0.39 is 0 Å². The van der Waals surface area contributed by atoms with Crippen LogP contribution in [0.1, 0.15) is 73.6 Å². The monoisotopic (exact) mass is 297 g/mol. The van der Waals surface area contributed by atoms with Crippen molar-refractivity contribution in [3.8, 4) is 0 Å². The molecule has 0 aromatic carbocycles. The smallest absolute Gasteiger partial charge is 0.307 e. The van der Waals surface area contributed by atoms with Gasteiger partial charge in [-0.1, -0.05) is 47.5 Å². The number of rotatable bonds is 6. The first-order chi connectivity index (χ1) is 9.81. The van der Waals surface area contributed by atoms with Gasteiger partial charge < -0.3 is 4.74 Å². The van der Waals surface area contributed by atoms with Crippen LogP contribution in [-0.4, -0.2) is 36.1 Å². The average molecular weight is 297 g/mol. The Kier molecular flexibility index (Phi) is 6.71. The van der Waals surface area contributed by atoms with E-state index in [0.29, 0.717) is 18.9 Å². The van der Waals surface area contributed by atoms with Gasteiger partial charge in [-0.2, -0.15) is 0 Å². The third-order valence-corrected chi connectivity index (χ3v) is 5.20. The van der Waals surface area contributed by atoms with Crippen LogP contribution in [-0.2, 0) is 9.53 Å². The molecule has 0 aliphatic heterocycles. The molecule has 0 saturated heterocycles. The molecule has 1 saturated carbocycles. The van der Waals surface area contributed by atoms with Crippen molar-refractivity contribution >= 4 is 5.97 Å². The number of nitrogens with zero attached hydrogens (tertiary/aromatic N) is 1. The molecule has 3 heteroatoms. The van der Waals surface area contributed by atoms with Crippen LogP contribution in [0.25, 0.3) is 0 Å². The number of hydrogen-bond acceptors (Lipinski definition) is 3. The number of esters is 1. The van der Waals surface area contributed by atoms with Gasteiger partial charge in [-0.15, -0.1) is 0 Å². The lowest BCUT2D eigenvalue weighted by Crippen LogP contribution is -2.59. The van der Waals surface area contributed by atoms with Gasteiger partial charge in [0.15, 0.2) is 0 Å². The van der Waals surface area contributed by atoms with E-state index in [4.69, 9.17) is 4.74 Å². The zero-order valence-electron chi connectivity index (χ0n) is 15.0. The van der Waals surface area contributed by atoms with Gasteiger partial charge in [0.05, 0.1) is 13.0 Å². The fourth-order valence-electron chi connectivity index (χ4n) is 4.48. The fraction of sp³-hybridized carbons (Fsp3) is 0.944. The Balaban J connectivity index is 3.16. The second kappa shape index (κ2) is 7.62. The lowest BCUT2D eigenvalue weighted by atomic mass is 9.60. The molecular formula is C18H35NO2. The molecule has 0 spiro atoms. The predicted octanol–water partition coefficient (Wildman–Crippen LogP) is 4.26. The highest BCUT2D eigenvalue weighted by Crippen LogP contribution is 2.49. The van der Waals surface area contributed by atoms with Crippen LogP contribution in [0, 0.1) is 11.3 Å². The number of ether oxygens (including phenoxy) is 1. The van der Waals surface area contributed by atoms with Crippen molar-refractivity contribution in [3.05, 3.63) is 0 Å². The van der Waals surface area contributed by atoms with Crippen molar-refractivity contribution in [2.45, 2.75) is 79.2 Å². The van der Waals surface area contributed by atoms with Crippen molar-refractivity contribution in [3.63, 3.8) is 0 Å². The Morgan fingerprint density at radius 3 is 2.29 bits per heavy atom. The van der Waals surface area contributed by atoms with Gasteiger partial charge in [-0.3, -0.25) is 9.69 Å². The normalized spacial score (nSPS) is 26.9. The van der Waals surface area contributed by atoms with Crippen molar-refractivity contribution in [1.82, 2.24) is 4.90 Å². The summed E-state index contributed by atoms with van der Waals surface area (Å²) in [5.74, 6) is 0.517. The van der Waals surface area contributed by atoms with Crippen LogP contribution < -0.4 is 0 Å². The standard InChI is InChI=1S/C18H35NO2/c1-7-19(8-2)18(14-16(20)21-9-3)13-11-10-12-15(18)17(4,5)6/h15H,7-14H2,1-6H3. The molecule has 0 aromatic heterocycles. The summed E-state index contributed by atoms with van der Waals surface area (Å²) < 4.78 is 5.30. The molecule has 124 valence electrons. The predicted molar refractivity (Wildman–Crippen MR) is 88.3 cm³/mol. The molecule has 0 amide bonds. The Labute approximate surface area is 131 Å². The largest absolute Gasteiger partial charge is 0.466 e. The fourth-order valence-corrected chi connectivity index (χ4v) is 4.48. The second-order valence-electron chi connectivity index (χ2n) is 7.42. The van der Waals surface area contributed by atoms with E-state index in [1.165, 1.54) is 19.3 Å². The van der Waals surface area contributed by atoms with E-state index in [1.54, 1.807) is 0 Å². The molecule has 1 rings (SSSR count). The molecule has 3 nitrogen and oxygen atoms in total. The van der Waals surface area contributed by atoms with Gasteiger partial charge in [-0.25, -0.2) is 0 Å². The minimum absolute atomic E-state index is 0.0216. The highest BCUT2D eigenvalue weighted by Gasteiger charge is 2.50. The molecule has 0 heterocycles. The summed E-state index contributed by atoms with van der Waals surface area (Å²) in [5, 5.41) is 0. The Morgan fingerprint density at radius 1 is 1.19 bits per heavy atom. The maximum Gasteiger partial charge on any atom is 0.307 e. The minimum Gasteiger partial charge on any atom is -0.466 e. The van der Waals surface area contributed by atoms with Crippen LogP contribution in [0.3, 0.4) is 0 Å². The zero-order chi connectivity index (χ0) is 16.1. The van der Waals surface area contributed by atoms with E-state index in [1.807, 2.05) is 6.92 Å².